The summed E-state index contributed by atoms with van der Waals surface area (Å²) >= 11 is 1.51. The number of benzene rings is 1. The van der Waals surface area contributed by atoms with Crippen LogP contribution in [-0.4, -0.2) is 46.7 Å². The molecule has 3 aromatic rings. The molecule has 9 heteroatoms. The quantitative estimate of drug-likeness (QED) is 0.453. The molecule has 8 nitrogen and oxygen atoms in total. The van der Waals surface area contributed by atoms with Crippen LogP contribution in [0.5, 0.6) is 5.75 Å². The van der Waals surface area contributed by atoms with Crippen LogP contribution in [0.1, 0.15) is 36.5 Å². The molecule has 1 amide bonds. The summed E-state index contributed by atoms with van der Waals surface area (Å²) in [5, 5.41) is 10.0. The van der Waals surface area contributed by atoms with E-state index in [1.54, 1.807) is 36.1 Å². The highest BCUT2D eigenvalue weighted by molar-refractivity contribution is 7.13. The predicted octanol–water partition coefficient (Wildman–Crippen LogP) is 3.79. The van der Waals surface area contributed by atoms with E-state index in [0.29, 0.717) is 36.2 Å². The molecule has 0 aliphatic carbocycles. The van der Waals surface area contributed by atoms with E-state index in [2.05, 4.69) is 10.2 Å². The van der Waals surface area contributed by atoms with Crippen molar-refractivity contribution in [3.63, 3.8) is 0 Å². The Hall–Kier alpha value is -3.20. The Bertz CT molecular complexity index is 953. The summed E-state index contributed by atoms with van der Waals surface area (Å²) in [4.78, 5) is 26.8. The highest BCUT2D eigenvalue weighted by Gasteiger charge is 2.18. The van der Waals surface area contributed by atoms with Crippen LogP contribution in [0.3, 0.4) is 0 Å². The Labute approximate surface area is 178 Å². The van der Waals surface area contributed by atoms with E-state index < -0.39 is 5.97 Å². The number of aromatic nitrogens is 2. The van der Waals surface area contributed by atoms with Crippen molar-refractivity contribution in [2.24, 2.45) is 0 Å². The first-order chi connectivity index (χ1) is 14.6. The van der Waals surface area contributed by atoms with Crippen molar-refractivity contribution in [2.45, 2.75) is 26.8 Å². The van der Waals surface area contributed by atoms with Crippen LogP contribution in [-0.2, 0) is 16.1 Å². The van der Waals surface area contributed by atoms with E-state index in [-0.39, 0.29) is 19.1 Å². The van der Waals surface area contributed by atoms with Gasteiger partial charge in [-0.15, -0.1) is 21.5 Å². The Morgan fingerprint density at radius 3 is 2.60 bits per heavy atom. The molecule has 0 saturated carbocycles. The summed E-state index contributed by atoms with van der Waals surface area (Å²) in [7, 11) is 0. The Balaban J connectivity index is 1.57. The number of nitrogens with zero attached hydrogens (tertiary/aromatic N) is 3. The minimum atomic E-state index is -0.393. The van der Waals surface area contributed by atoms with Gasteiger partial charge < -0.3 is 18.8 Å². The van der Waals surface area contributed by atoms with E-state index in [9.17, 15) is 9.59 Å². The maximum atomic E-state index is 12.6. The van der Waals surface area contributed by atoms with Crippen molar-refractivity contribution in [3.8, 4) is 16.5 Å². The lowest BCUT2D eigenvalue weighted by Crippen LogP contribution is -2.35. The van der Waals surface area contributed by atoms with Gasteiger partial charge in [0.1, 0.15) is 5.75 Å². The Morgan fingerprint density at radius 2 is 1.93 bits per heavy atom. The second-order valence-electron chi connectivity index (χ2n) is 6.33. The average molecular weight is 429 g/mol. The van der Waals surface area contributed by atoms with Crippen LogP contribution in [0, 0.1) is 0 Å². The number of esters is 1. The second-order valence-corrected chi connectivity index (χ2v) is 7.27. The van der Waals surface area contributed by atoms with Crippen LogP contribution in [0.4, 0.5) is 0 Å². The highest BCUT2D eigenvalue weighted by atomic mass is 32.1. The molecule has 2 heterocycles. The summed E-state index contributed by atoms with van der Waals surface area (Å²) in [6.07, 6.45) is 0.784. The third-order valence-corrected chi connectivity index (χ3v) is 4.96. The minimum Gasteiger partial charge on any atom is -0.484 e. The third kappa shape index (κ3) is 5.66. The first kappa shape index (κ1) is 21.5. The van der Waals surface area contributed by atoms with Gasteiger partial charge in [-0.2, -0.15) is 0 Å². The molecule has 0 fully saturated rings. The minimum absolute atomic E-state index is 0.134. The SMILES string of the molecule is CCCN(Cc1nnc(-c2cccs2)o1)C(=O)COc1ccc(C(=O)OCC)cc1. The van der Waals surface area contributed by atoms with E-state index in [1.807, 2.05) is 24.4 Å². The highest BCUT2D eigenvalue weighted by Crippen LogP contribution is 2.23. The van der Waals surface area contributed by atoms with Gasteiger partial charge in [0.25, 0.3) is 11.8 Å². The zero-order chi connectivity index (χ0) is 21.3. The van der Waals surface area contributed by atoms with Crippen molar-refractivity contribution in [2.75, 3.05) is 19.8 Å². The molecule has 0 spiro atoms. The van der Waals surface area contributed by atoms with Crippen LogP contribution in [0.2, 0.25) is 0 Å². The fourth-order valence-electron chi connectivity index (χ4n) is 2.68. The molecular weight excluding hydrogens is 406 g/mol. The van der Waals surface area contributed by atoms with Gasteiger partial charge in [-0.3, -0.25) is 4.79 Å². The van der Waals surface area contributed by atoms with Crippen molar-refractivity contribution < 1.29 is 23.5 Å². The number of hydrogen-bond donors (Lipinski definition) is 0. The van der Waals surface area contributed by atoms with Gasteiger partial charge in [0.05, 0.1) is 23.6 Å². The third-order valence-electron chi connectivity index (χ3n) is 4.10. The van der Waals surface area contributed by atoms with Gasteiger partial charge in [-0.05, 0) is 49.1 Å². The van der Waals surface area contributed by atoms with E-state index >= 15 is 0 Å². The van der Waals surface area contributed by atoms with E-state index in [1.165, 1.54) is 11.3 Å². The van der Waals surface area contributed by atoms with Crippen molar-refractivity contribution >= 4 is 23.2 Å². The van der Waals surface area contributed by atoms with Gasteiger partial charge in [0.2, 0.25) is 5.89 Å². The molecule has 2 aromatic heterocycles. The Morgan fingerprint density at radius 1 is 1.13 bits per heavy atom. The molecule has 0 radical (unpaired) electrons. The van der Waals surface area contributed by atoms with E-state index in [0.717, 1.165) is 11.3 Å². The van der Waals surface area contributed by atoms with Gasteiger partial charge in [-0.1, -0.05) is 13.0 Å². The number of thiophene rings is 1. The number of carbonyl (C=O) groups is 2. The summed E-state index contributed by atoms with van der Waals surface area (Å²) < 4.78 is 16.2. The summed E-state index contributed by atoms with van der Waals surface area (Å²) in [6, 6.07) is 10.3. The molecule has 0 saturated heterocycles. The monoisotopic (exact) mass is 429 g/mol. The fourth-order valence-corrected chi connectivity index (χ4v) is 3.32. The summed E-state index contributed by atoms with van der Waals surface area (Å²) in [6.45, 7) is 4.68. The average Bonchev–Trinajstić information content (AvgIpc) is 3.44. The van der Waals surface area contributed by atoms with Crippen LogP contribution < -0.4 is 4.74 Å². The molecule has 1 aromatic carbocycles. The fraction of sp³-hybridized carbons (Fsp3) is 0.333. The molecule has 158 valence electrons. The van der Waals surface area contributed by atoms with Crippen molar-refractivity contribution in [1.82, 2.24) is 15.1 Å². The van der Waals surface area contributed by atoms with Gasteiger partial charge in [0, 0.05) is 6.54 Å². The molecule has 0 N–H and O–H groups in total. The topological polar surface area (TPSA) is 94.8 Å². The second kappa shape index (κ2) is 10.5. The maximum absolute atomic E-state index is 12.6. The molecule has 0 unspecified atom stereocenters. The normalized spacial score (nSPS) is 10.6. The van der Waals surface area contributed by atoms with Crippen molar-refractivity contribution in [1.29, 1.82) is 0 Å². The smallest absolute Gasteiger partial charge is 0.338 e. The summed E-state index contributed by atoms with van der Waals surface area (Å²) in [5.41, 5.74) is 0.432. The number of ether oxygens (including phenoxy) is 2. The van der Waals surface area contributed by atoms with Gasteiger partial charge >= 0.3 is 5.97 Å². The van der Waals surface area contributed by atoms with E-state index in [4.69, 9.17) is 13.9 Å². The molecule has 0 atom stereocenters. The van der Waals surface area contributed by atoms with Gasteiger partial charge in [0.15, 0.2) is 6.61 Å². The van der Waals surface area contributed by atoms with Gasteiger partial charge in [-0.25, -0.2) is 4.79 Å². The van der Waals surface area contributed by atoms with Crippen LogP contribution >= 0.6 is 11.3 Å². The lowest BCUT2D eigenvalue weighted by atomic mass is 10.2. The largest absolute Gasteiger partial charge is 0.484 e. The molecule has 3 rings (SSSR count). The Kier molecular flexibility index (Phi) is 7.56. The molecule has 0 aliphatic heterocycles. The lowest BCUT2D eigenvalue weighted by Gasteiger charge is -2.20. The molecule has 0 aliphatic rings. The maximum Gasteiger partial charge on any atom is 0.338 e. The number of hydrogen-bond acceptors (Lipinski definition) is 8. The standard InChI is InChI=1S/C21H23N3O5S/c1-3-11-24(13-18-22-23-20(29-18)17-6-5-12-30-17)19(25)14-28-16-9-7-15(8-10-16)21(26)27-4-2/h5-10,12H,3-4,11,13-14H2,1-2H3. The van der Waals surface area contributed by atoms with Crippen LogP contribution in [0.15, 0.2) is 46.2 Å². The zero-order valence-corrected chi connectivity index (χ0v) is 17.7. The van der Waals surface area contributed by atoms with Crippen LogP contribution in [0.25, 0.3) is 10.8 Å². The first-order valence-electron chi connectivity index (χ1n) is 9.64. The molecule has 0 bridgehead atoms. The predicted molar refractivity (Wildman–Crippen MR) is 111 cm³/mol. The number of rotatable bonds is 10. The zero-order valence-electron chi connectivity index (χ0n) is 16.9. The summed E-state index contributed by atoms with van der Waals surface area (Å²) in [5.74, 6) is 0.726. The molecular formula is C21H23N3O5S. The first-order valence-corrected chi connectivity index (χ1v) is 10.5. The number of carbonyl (C=O) groups excluding carboxylic acids is 2. The molecule has 30 heavy (non-hydrogen) atoms. The lowest BCUT2D eigenvalue weighted by molar-refractivity contribution is -0.134. The van der Waals surface area contributed by atoms with Crippen molar-refractivity contribution in [3.05, 3.63) is 53.2 Å². The number of amides is 1.